The first-order valence-electron chi connectivity index (χ1n) is 4.50. The Morgan fingerprint density at radius 1 is 1.38 bits per heavy atom. The van der Waals surface area contributed by atoms with Crippen LogP contribution in [-0.4, -0.2) is 5.78 Å². The molecule has 1 aromatic rings. The Kier molecular flexibility index (Phi) is 3.49. The summed E-state index contributed by atoms with van der Waals surface area (Å²) in [4.78, 5) is 11.5. The summed E-state index contributed by atoms with van der Waals surface area (Å²) in [7, 11) is 0. The van der Waals surface area contributed by atoms with Crippen LogP contribution in [0, 0.1) is 0 Å². The van der Waals surface area contributed by atoms with E-state index in [1.165, 1.54) is 0 Å². The lowest BCUT2D eigenvalue weighted by atomic mass is 10.0. The first-order valence-corrected chi connectivity index (χ1v) is 4.88. The molecule has 0 amide bonds. The van der Waals surface area contributed by atoms with E-state index >= 15 is 0 Å². The molecule has 0 saturated heterocycles. The molecular formula is C11H13ClO. The summed E-state index contributed by atoms with van der Waals surface area (Å²) in [5.41, 5.74) is 1.86. The molecule has 0 fully saturated rings. The third-order valence-corrected chi connectivity index (χ3v) is 2.31. The summed E-state index contributed by atoms with van der Waals surface area (Å²) in [5.74, 6) is 0.166. The number of Topliss-reactive ketones (excluding diaryl/α,β-unsaturated/α-hetero) is 1. The standard InChI is InChI=1S/C11H13ClO/c1-3-8-5-6-9(12)7-10(8)11(13)4-2/h5-7H,3-4H2,1-2H3. The summed E-state index contributed by atoms with van der Waals surface area (Å²) in [6.07, 6.45) is 1.41. The number of ketones is 1. The molecule has 0 spiro atoms. The van der Waals surface area contributed by atoms with Crippen molar-refractivity contribution in [2.45, 2.75) is 26.7 Å². The van der Waals surface area contributed by atoms with Crippen molar-refractivity contribution < 1.29 is 4.79 Å². The highest BCUT2D eigenvalue weighted by molar-refractivity contribution is 6.31. The highest BCUT2D eigenvalue weighted by atomic mass is 35.5. The van der Waals surface area contributed by atoms with Gasteiger partial charge < -0.3 is 0 Å². The highest BCUT2D eigenvalue weighted by Gasteiger charge is 2.08. The van der Waals surface area contributed by atoms with Crippen LogP contribution in [0.3, 0.4) is 0 Å². The molecule has 0 unspecified atom stereocenters. The molecule has 1 rings (SSSR count). The van der Waals surface area contributed by atoms with E-state index in [0.29, 0.717) is 11.4 Å². The van der Waals surface area contributed by atoms with Crippen LogP contribution in [0.25, 0.3) is 0 Å². The van der Waals surface area contributed by atoms with Crippen molar-refractivity contribution in [1.82, 2.24) is 0 Å². The fraction of sp³-hybridized carbons (Fsp3) is 0.364. The first kappa shape index (κ1) is 10.3. The Balaban J connectivity index is 3.15. The molecular weight excluding hydrogens is 184 g/mol. The van der Waals surface area contributed by atoms with Gasteiger partial charge in [-0.05, 0) is 24.1 Å². The number of aryl methyl sites for hydroxylation is 1. The van der Waals surface area contributed by atoms with Crippen molar-refractivity contribution in [2.24, 2.45) is 0 Å². The average molecular weight is 197 g/mol. The number of benzene rings is 1. The van der Waals surface area contributed by atoms with E-state index in [-0.39, 0.29) is 5.78 Å². The zero-order chi connectivity index (χ0) is 9.84. The number of carbonyl (C=O) groups is 1. The highest BCUT2D eigenvalue weighted by Crippen LogP contribution is 2.18. The molecule has 0 N–H and O–H groups in total. The van der Waals surface area contributed by atoms with Gasteiger partial charge in [0.2, 0.25) is 0 Å². The monoisotopic (exact) mass is 196 g/mol. The maximum Gasteiger partial charge on any atom is 0.162 e. The molecule has 0 saturated carbocycles. The smallest absolute Gasteiger partial charge is 0.162 e. The summed E-state index contributed by atoms with van der Waals surface area (Å²) >= 11 is 5.82. The topological polar surface area (TPSA) is 17.1 Å². The Labute approximate surface area is 83.7 Å². The predicted molar refractivity (Wildman–Crippen MR) is 55.5 cm³/mol. The first-order chi connectivity index (χ1) is 6.19. The molecule has 0 atom stereocenters. The zero-order valence-corrected chi connectivity index (χ0v) is 8.69. The SMILES string of the molecule is CCC(=O)c1cc(Cl)ccc1CC. The summed E-state index contributed by atoms with van der Waals surface area (Å²) in [6, 6.07) is 5.50. The Morgan fingerprint density at radius 3 is 2.62 bits per heavy atom. The van der Waals surface area contributed by atoms with Gasteiger partial charge in [-0.15, -0.1) is 0 Å². The van der Waals surface area contributed by atoms with Gasteiger partial charge in [0, 0.05) is 17.0 Å². The number of hydrogen-bond donors (Lipinski definition) is 0. The number of carbonyl (C=O) groups excluding carboxylic acids is 1. The van der Waals surface area contributed by atoms with Crippen LogP contribution < -0.4 is 0 Å². The fourth-order valence-electron chi connectivity index (χ4n) is 1.31. The van der Waals surface area contributed by atoms with Crippen LogP contribution in [0.5, 0.6) is 0 Å². The van der Waals surface area contributed by atoms with Crippen molar-refractivity contribution in [1.29, 1.82) is 0 Å². The second kappa shape index (κ2) is 4.43. The molecule has 0 bridgehead atoms. The molecule has 0 aromatic heterocycles. The second-order valence-corrected chi connectivity index (χ2v) is 3.37. The number of rotatable bonds is 3. The number of hydrogen-bond acceptors (Lipinski definition) is 1. The van der Waals surface area contributed by atoms with Gasteiger partial charge in [-0.1, -0.05) is 31.5 Å². The van der Waals surface area contributed by atoms with Crippen molar-refractivity contribution in [3.8, 4) is 0 Å². The largest absolute Gasteiger partial charge is 0.294 e. The van der Waals surface area contributed by atoms with E-state index in [1.54, 1.807) is 6.07 Å². The van der Waals surface area contributed by atoms with Crippen molar-refractivity contribution in [3.05, 3.63) is 34.3 Å². The molecule has 1 aromatic carbocycles. The van der Waals surface area contributed by atoms with Crippen molar-refractivity contribution in [2.75, 3.05) is 0 Å². The fourth-order valence-corrected chi connectivity index (χ4v) is 1.48. The van der Waals surface area contributed by atoms with E-state index in [9.17, 15) is 4.79 Å². The van der Waals surface area contributed by atoms with Crippen LogP contribution in [0.1, 0.15) is 36.2 Å². The quantitative estimate of drug-likeness (QED) is 0.677. The van der Waals surface area contributed by atoms with Gasteiger partial charge >= 0.3 is 0 Å². The van der Waals surface area contributed by atoms with Gasteiger partial charge in [0.15, 0.2) is 5.78 Å². The predicted octanol–water partition coefficient (Wildman–Crippen LogP) is 3.50. The lowest BCUT2D eigenvalue weighted by Crippen LogP contribution is -2.01. The summed E-state index contributed by atoms with van der Waals surface area (Å²) in [5, 5.41) is 0.633. The Morgan fingerprint density at radius 2 is 2.08 bits per heavy atom. The van der Waals surface area contributed by atoms with Crippen molar-refractivity contribution >= 4 is 17.4 Å². The molecule has 1 nitrogen and oxygen atoms in total. The molecule has 0 radical (unpaired) electrons. The van der Waals surface area contributed by atoms with E-state index < -0.39 is 0 Å². The minimum atomic E-state index is 0.166. The van der Waals surface area contributed by atoms with Gasteiger partial charge in [0.05, 0.1) is 0 Å². The molecule has 2 heteroatoms. The maximum absolute atomic E-state index is 11.5. The summed E-state index contributed by atoms with van der Waals surface area (Å²) in [6.45, 7) is 3.90. The molecule has 0 aliphatic rings. The van der Waals surface area contributed by atoms with Gasteiger partial charge in [-0.2, -0.15) is 0 Å². The molecule has 70 valence electrons. The van der Waals surface area contributed by atoms with Crippen LogP contribution >= 0.6 is 11.6 Å². The zero-order valence-electron chi connectivity index (χ0n) is 7.93. The molecule has 0 heterocycles. The van der Waals surface area contributed by atoms with E-state index in [0.717, 1.165) is 17.5 Å². The van der Waals surface area contributed by atoms with Gasteiger partial charge in [0.1, 0.15) is 0 Å². The number of halogens is 1. The lowest BCUT2D eigenvalue weighted by molar-refractivity contribution is 0.0987. The molecule has 0 aliphatic carbocycles. The van der Waals surface area contributed by atoms with E-state index in [4.69, 9.17) is 11.6 Å². The molecule has 0 aliphatic heterocycles. The van der Waals surface area contributed by atoms with Gasteiger partial charge in [-0.25, -0.2) is 0 Å². The third kappa shape index (κ3) is 2.31. The molecule has 13 heavy (non-hydrogen) atoms. The van der Waals surface area contributed by atoms with Crippen LogP contribution in [0.15, 0.2) is 18.2 Å². The van der Waals surface area contributed by atoms with Crippen LogP contribution in [0.4, 0.5) is 0 Å². The lowest BCUT2D eigenvalue weighted by Gasteiger charge is -2.05. The van der Waals surface area contributed by atoms with Gasteiger partial charge in [0.25, 0.3) is 0 Å². The maximum atomic E-state index is 11.5. The van der Waals surface area contributed by atoms with E-state index in [2.05, 4.69) is 0 Å². The normalized spacial score (nSPS) is 10.1. The van der Waals surface area contributed by atoms with Crippen molar-refractivity contribution in [3.63, 3.8) is 0 Å². The Hall–Kier alpha value is -0.820. The van der Waals surface area contributed by atoms with Crippen LogP contribution in [0.2, 0.25) is 5.02 Å². The van der Waals surface area contributed by atoms with E-state index in [1.807, 2.05) is 26.0 Å². The average Bonchev–Trinajstić information content (AvgIpc) is 2.16. The Bertz CT molecular complexity index is 318. The second-order valence-electron chi connectivity index (χ2n) is 2.93. The minimum Gasteiger partial charge on any atom is -0.294 e. The van der Waals surface area contributed by atoms with Gasteiger partial charge in [-0.3, -0.25) is 4.79 Å². The van der Waals surface area contributed by atoms with Crippen LogP contribution in [-0.2, 0) is 6.42 Å². The minimum absolute atomic E-state index is 0.166. The third-order valence-electron chi connectivity index (χ3n) is 2.07. The summed E-state index contributed by atoms with van der Waals surface area (Å²) < 4.78 is 0.